The number of hydrogen-bond donors (Lipinski definition) is 0. The Hall–Kier alpha value is -2.63. The van der Waals surface area contributed by atoms with Gasteiger partial charge in [0, 0.05) is 19.2 Å². The Bertz CT molecular complexity index is 642. The summed E-state index contributed by atoms with van der Waals surface area (Å²) >= 11 is 0. The van der Waals surface area contributed by atoms with Crippen LogP contribution in [0.2, 0.25) is 0 Å². The third kappa shape index (κ3) is 4.67. The number of nitrogens with zero attached hydrogens (tertiary/aromatic N) is 1. The zero-order chi connectivity index (χ0) is 16.8. The molecule has 0 saturated heterocycles. The van der Waals surface area contributed by atoms with Crippen molar-refractivity contribution in [3.8, 4) is 11.5 Å². The van der Waals surface area contributed by atoms with Crippen molar-refractivity contribution in [3.63, 3.8) is 0 Å². The summed E-state index contributed by atoms with van der Waals surface area (Å²) in [6, 6.07) is 13.0. The number of carbonyl (C=O) groups excluding carboxylic acids is 1. The number of halogens is 2. The average molecular weight is 321 g/mol. The van der Waals surface area contributed by atoms with Crippen molar-refractivity contribution in [1.29, 1.82) is 0 Å². The molecule has 0 unspecified atom stereocenters. The first-order chi connectivity index (χ1) is 11.0. The highest BCUT2D eigenvalue weighted by Gasteiger charge is 2.12. The fourth-order valence-electron chi connectivity index (χ4n) is 2.08. The summed E-state index contributed by atoms with van der Waals surface area (Å²) in [6.45, 7) is -2.49. The molecule has 1 amide bonds. The Morgan fingerprint density at radius 2 is 1.61 bits per heavy atom. The molecule has 0 heterocycles. The van der Waals surface area contributed by atoms with Crippen molar-refractivity contribution < 1.29 is 23.0 Å². The maximum atomic E-state index is 12.3. The minimum absolute atomic E-state index is 0.0906. The van der Waals surface area contributed by atoms with Crippen LogP contribution in [0.3, 0.4) is 0 Å². The molecule has 0 aliphatic rings. The molecule has 0 N–H and O–H groups in total. The SMILES string of the molecule is COc1ccc(C(=O)N(C)Cc2ccc(OC(F)F)cc2)cc1. The van der Waals surface area contributed by atoms with Gasteiger partial charge in [0.2, 0.25) is 0 Å². The van der Waals surface area contributed by atoms with E-state index in [1.54, 1.807) is 55.5 Å². The number of methoxy groups -OCH3 is 1. The van der Waals surface area contributed by atoms with Crippen molar-refractivity contribution in [1.82, 2.24) is 4.90 Å². The first-order valence-corrected chi connectivity index (χ1v) is 6.93. The lowest BCUT2D eigenvalue weighted by Crippen LogP contribution is -2.26. The van der Waals surface area contributed by atoms with E-state index in [4.69, 9.17) is 4.74 Å². The second kappa shape index (κ2) is 7.58. The molecule has 2 aromatic carbocycles. The van der Waals surface area contributed by atoms with Crippen LogP contribution in [0.15, 0.2) is 48.5 Å². The number of alkyl halides is 2. The van der Waals surface area contributed by atoms with E-state index in [9.17, 15) is 13.6 Å². The van der Waals surface area contributed by atoms with E-state index >= 15 is 0 Å². The van der Waals surface area contributed by atoms with E-state index < -0.39 is 6.61 Å². The molecular weight excluding hydrogens is 304 g/mol. The van der Waals surface area contributed by atoms with E-state index in [1.165, 1.54) is 12.1 Å². The van der Waals surface area contributed by atoms with Crippen LogP contribution >= 0.6 is 0 Å². The Kier molecular flexibility index (Phi) is 5.51. The highest BCUT2D eigenvalue weighted by atomic mass is 19.3. The molecule has 0 aliphatic heterocycles. The zero-order valence-corrected chi connectivity index (χ0v) is 12.8. The molecule has 0 spiro atoms. The summed E-state index contributed by atoms with van der Waals surface area (Å²) in [5.74, 6) is 0.632. The van der Waals surface area contributed by atoms with E-state index in [0.29, 0.717) is 17.9 Å². The molecule has 122 valence electrons. The zero-order valence-electron chi connectivity index (χ0n) is 12.8. The van der Waals surface area contributed by atoms with Gasteiger partial charge in [-0.1, -0.05) is 12.1 Å². The van der Waals surface area contributed by atoms with Crippen LogP contribution in [0.4, 0.5) is 8.78 Å². The third-order valence-corrected chi connectivity index (χ3v) is 3.25. The van der Waals surface area contributed by atoms with Crippen molar-refractivity contribution in [2.75, 3.05) is 14.2 Å². The van der Waals surface area contributed by atoms with Gasteiger partial charge in [-0.05, 0) is 42.0 Å². The number of ether oxygens (including phenoxy) is 2. The van der Waals surface area contributed by atoms with Crippen LogP contribution < -0.4 is 9.47 Å². The van der Waals surface area contributed by atoms with Crippen molar-refractivity contribution >= 4 is 5.91 Å². The largest absolute Gasteiger partial charge is 0.497 e. The summed E-state index contributed by atoms with van der Waals surface area (Å²) in [7, 11) is 3.24. The summed E-state index contributed by atoms with van der Waals surface area (Å²) in [5.41, 5.74) is 1.36. The molecule has 4 nitrogen and oxygen atoms in total. The number of rotatable bonds is 6. The van der Waals surface area contributed by atoms with Crippen LogP contribution in [-0.2, 0) is 6.54 Å². The molecule has 0 fully saturated rings. The molecule has 23 heavy (non-hydrogen) atoms. The molecule has 0 atom stereocenters. The van der Waals surface area contributed by atoms with Crippen LogP contribution in [0, 0.1) is 0 Å². The summed E-state index contributed by atoms with van der Waals surface area (Å²) in [6.07, 6.45) is 0. The minimum Gasteiger partial charge on any atom is -0.497 e. The molecular formula is C17H17F2NO3. The van der Waals surface area contributed by atoms with Gasteiger partial charge in [-0.15, -0.1) is 0 Å². The highest BCUT2D eigenvalue weighted by Crippen LogP contribution is 2.17. The Morgan fingerprint density at radius 3 is 2.13 bits per heavy atom. The maximum absolute atomic E-state index is 12.3. The fraction of sp³-hybridized carbons (Fsp3) is 0.235. The number of hydrogen-bond acceptors (Lipinski definition) is 3. The van der Waals surface area contributed by atoms with Crippen LogP contribution in [0.5, 0.6) is 11.5 Å². The van der Waals surface area contributed by atoms with Gasteiger partial charge in [-0.25, -0.2) is 0 Å². The molecule has 0 aliphatic carbocycles. The Balaban J connectivity index is 1.99. The predicted molar refractivity (Wildman–Crippen MR) is 81.9 cm³/mol. The smallest absolute Gasteiger partial charge is 0.387 e. The van der Waals surface area contributed by atoms with E-state index in [2.05, 4.69) is 4.74 Å². The summed E-state index contributed by atoms with van der Waals surface area (Å²) in [4.78, 5) is 13.9. The average Bonchev–Trinajstić information content (AvgIpc) is 2.55. The van der Waals surface area contributed by atoms with Gasteiger partial charge in [-0.2, -0.15) is 8.78 Å². The summed E-state index contributed by atoms with van der Waals surface area (Å²) in [5, 5.41) is 0. The normalized spacial score (nSPS) is 10.5. The maximum Gasteiger partial charge on any atom is 0.387 e. The molecule has 0 aromatic heterocycles. The number of benzene rings is 2. The van der Waals surface area contributed by atoms with Crippen molar-refractivity contribution in [2.24, 2.45) is 0 Å². The van der Waals surface area contributed by atoms with Gasteiger partial charge in [0.05, 0.1) is 7.11 Å². The second-order valence-electron chi connectivity index (χ2n) is 4.91. The lowest BCUT2D eigenvalue weighted by atomic mass is 10.1. The van der Waals surface area contributed by atoms with Gasteiger partial charge < -0.3 is 14.4 Å². The fourth-order valence-corrected chi connectivity index (χ4v) is 2.08. The number of carbonyl (C=O) groups is 1. The Labute approximate surface area is 133 Å². The molecule has 6 heteroatoms. The first kappa shape index (κ1) is 16.7. The highest BCUT2D eigenvalue weighted by molar-refractivity contribution is 5.94. The van der Waals surface area contributed by atoms with Gasteiger partial charge in [0.25, 0.3) is 5.91 Å². The van der Waals surface area contributed by atoms with E-state index in [1.807, 2.05) is 0 Å². The van der Waals surface area contributed by atoms with Gasteiger partial charge in [0.1, 0.15) is 11.5 Å². The second-order valence-corrected chi connectivity index (χ2v) is 4.91. The molecule has 2 aromatic rings. The van der Waals surface area contributed by atoms with Crippen LogP contribution in [-0.4, -0.2) is 31.6 Å². The van der Waals surface area contributed by atoms with E-state index in [0.717, 1.165) is 5.56 Å². The number of amides is 1. The standard InChI is InChI=1S/C17H17F2NO3/c1-20(16(21)13-5-9-14(22-2)10-6-13)11-12-3-7-15(8-4-12)23-17(18)19/h3-10,17H,11H2,1-2H3. The first-order valence-electron chi connectivity index (χ1n) is 6.93. The van der Waals surface area contributed by atoms with E-state index in [-0.39, 0.29) is 11.7 Å². The van der Waals surface area contributed by atoms with Gasteiger partial charge >= 0.3 is 6.61 Å². The van der Waals surface area contributed by atoms with Crippen molar-refractivity contribution in [3.05, 3.63) is 59.7 Å². The monoisotopic (exact) mass is 321 g/mol. The van der Waals surface area contributed by atoms with Gasteiger partial charge in [0.15, 0.2) is 0 Å². The van der Waals surface area contributed by atoms with Gasteiger partial charge in [-0.3, -0.25) is 4.79 Å². The summed E-state index contributed by atoms with van der Waals surface area (Å²) < 4.78 is 33.5. The quantitative estimate of drug-likeness (QED) is 0.816. The topological polar surface area (TPSA) is 38.8 Å². The Morgan fingerprint density at radius 1 is 1.04 bits per heavy atom. The molecule has 0 radical (unpaired) electrons. The van der Waals surface area contributed by atoms with Crippen LogP contribution in [0.25, 0.3) is 0 Å². The lowest BCUT2D eigenvalue weighted by Gasteiger charge is -2.17. The molecule has 0 saturated carbocycles. The molecule has 2 rings (SSSR count). The third-order valence-electron chi connectivity index (χ3n) is 3.25. The lowest BCUT2D eigenvalue weighted by molar-refractivity contribution is -0.0498. The van der Waals surface area contributed by atoms with Crippen molar-refractivity contribution in [2.45, 2.75) is 13.2 Å². The predicted octanol–water partition coefficient (Wildman–Crippen LogP) is 3.57. The van der Waals surface area contributed by atoms with Crippen LogP contribution in [0.1, 0.15) is 15.9 Å². The minimum atomic E-state index is -2.85. The molecule has 0 bridgehead atoms.